The van der Waals surface area contributed by atoms with Crippen molar-refractivity contribution in [3.8, 4) is 0 Å². The van der Waals surface area contributed by atoms with Crippen LogP contribution in [-0.2, 0) is 18.4 Å². The van der Waals surface area contributed by atoms with Crippen LogP contribution in [0.15, 0.2) is 12.1 Å². The summed E-state index contributed by atoms with van der Waals surface area (Å²) in [6.45, 7) is 12.1. The highest BCUT2D eigenvalue weighted by Crippen LogP contribution is 2.35. The van der Waals surface area contributed by atoms with E-state index < -0.39 is 0 Å². The van der Waals surface area contributed by atoms with Crippen molar-refractivity contribution in [3.63, 3.8) is 0 Å². The Morgan fingerprint density at radius 3 is 2.79 bits per heavy atom. The van der Waals surface area contributed by atoms with E-state index in [9.17, 15) is 4.79 Å². The number of urea groups is 1. The fourth-order valence-electron chi connectivity index (χ4n) is 3.83. The van der Waals surface area contributed by atoms with Crippen molar-refractivity contribution < 1.29 is 4.79 Å². The van der Waals surface area contributed by atoms with Crippen LogP contribution >= 0.6 is 0 Å². The van der Waals surface area contributed by atoms with Crippen molar-refractivity contribution in [1.29, 1.82) is 0 Å². The van der Waals surface area contributed by atoms with E-state index in [2.05, 4.69) is 43.5 Å². The van der Waals surface area contributed by atoms with Gasteiger partial charge >= 0.3 is 6.03 Å². The lowest BCUT2D eigenvalue weighted by molar-refractivity contribution is 0.192. The summed E-state index contributed by atoms with van der Waals surface area (Å²) in [4.78, 5) is 14.2. The number of carbonyl (C=O) groups excluding carboxylic acids is 1. The van der Waals surface area contributed by atoms with Gasteiger partial charge in [-0.1, -0.05) is 32.9 Å². The van der Waals surface area contributed by atoms with E-state index in [0.717, 1.165) is 26.1 Å². The first-order chi connectivity index (χ1) is 11.4. The summed E-state index contributed by atoms with van der Waals surface area (Å²) in [6.07, 6.45) is 3.39. The largest absolute Gasteiger partial charge is 0.338 e. The highest BCUT2D eigenvalue weighted by molar-refractivity contribution is 5.74. The van der Waals surface area contributed by atoms with Crippen molar-refractivity contribution in [2.75, 3.05) is 19.6 Å². The molecule has 24 heavy (non-hydrogen) atoms. The minimum atomic E-state index is 0.0633. The molecule has 0 aromatic heterocycles. The van der Waals surface area contributed by atoms with Gasteiger partial charge < -0.3 is 15.5 Å². The van der Waals surface area contributed by atoms with Gasteiger partial charge in [-0.15, -0.1) is 0 Å². The number of nitrogens with one attached hydrogen (secondary N) is 2. The first kappa shape index (κ1) is 17.3. The molecule has 0 radical (unpaired) electrons. The molecule has 4 heteroatoms. The molecule has 132 valence electrons. The van der Waals surface area contributed by atoms with Crippen LogP contribution in [0.4, 0.5) is 4.79 Å². The van der Waals surface area contributed by atoms with E-state index >= 15 is 0 Å². The molecule has 1 atom stereocenters. The van der Waals surface area contributed by atoms with Crippen LogP contribution in [0, 0.1) is 0 Å². The van der Waals surface area contributed by atoms with Crippen LogP contribution in [0.3, 0.4) is 0 Å². The molecule has 0 aliphatic carbocycles. The second-order valence-corrected chi connectivity index (χ2v) is 8.11. The third-order valence-corrected chi connectivity index (χ3v) is 5.29. The summed E-state index contributed by atoms with van der Waals surface area (Å²) in [5, 5.41) is 6.59. The van der Waals surface area contributed by atoms with Gasteiger partial charge in [0.15, 0.2) is 0 Å². The lowest BCUT2D eigenvalue weighted by Gasteiger charge is -2.33. The number of benzene rings is 1. The molecule has 0 bridgehead atoms. The molecule has 4 nitrogen and oxygen atoms in total. The molecule has 1 fully saturated rings. The predicted octanol–water partition coefficient (Wildman–Crippen LogP) is 3.50. The molecule has 1 aromatic rings. The lowest BCUT2D eigenvalue weighted by Crippen LogP contribution is -2.43. The average Bonchev–Trinajstić information content (AvgIpc) is 3.07. The van der Waals surface area contributed by atoms with Crippen molar-refractivity contribution in [3.05, 3.63) is 34.4 Å². The zero-order chi connectivity index (χ0) is 17.3. The maximum Gasteiger partial charge on any atom is 0.317 e. The van der Waals surface area contributed by atoms with Crippen LogP contribution in [0.5, 0.6) is 0 Å². The number of carbonyl (C=O) groups is 1. The van der Waals surface area contributed by atoms with Crippen LogP contribution in [0.25, 0.3) is 0 Å². The molecule has 2 amide bonds. The molecule has 0 unspecified atom stereocenters. The van der Waals surface area contributed by atoms with E-state index in [-0.39, 0.29) is 11.4 Å². The Bertz CT molecular complexity index is 612. The quantitative estimate of drug-likeness (QED) is 0.872. The Balaban J connectivity index is 1.98. The van der Waals surface area contributed by atoms with E-state index in [0.29, 0.717) is 12.6 Å². The molecule has 2 aliphatic rings. The van der Waals surface area contributed by atoms with Gasteiger partial charge in [-0.2, -0.15) is 0 Å². The van der Waals surface area contributed by atoms with Gasteiger partial charge in [0, 0.05) is 25.7 Å². The van der Waals surface area contributed by atoms with E-state index in [1.807, 2.05) is 11.8 Å². The van der Waals surface area contributed by atoms with Crippen molar-refractivity contribution >= 4 is 6.03 Å². The summed E-state index contributed by atoms with van der Waals surface area (Å²) in [6, 6.07) is 5.27. The fraction of sp³-hybridized carbons (Fsp3) is 0.650. The average molecular weight is 329 g/mol. The summed E-state index contributed by atoms with van der Waals surface area (Å²) < 4.78 is 0. The van der Waals surface area contributed by atoms with E-state index in [1.54, 1.807) is 0 Å². The minimum absolute atomic E-state index is 0.0633. The Morgan fingerprint density at radius 1 is 1.38 bits per heavy atom. The zero-order valence-electron chi connectivity index (χ0n) is 15.5. The summed E-state index contributed by atoms with van der Waals surface area (Å²) in [7, 11) is 0. The third-order valence-electron chi connectivity index (χ3n) is 5.29. The number of fused-ring (bicyclic) bond motifs is 1. The van der Waals surface area contributed by atoms with Crippen molar-refractivity contribution in [2.45, 2.75) is 65.0 Å². The molecular formula is C20H31N3O. The Kier molecular flexibility index (Phi) is 4.86. The van der Waals surface area contributed by atoms with Crippen molar-refractivity contribution in [1.82, 2.24) is 15.5 Å². The van der Waals surface area contributed by atoms with E-state index in [4.69, 9.17) is 0 Å². The zero-order valence-corrected chi connectivity index (χ0v) is 15.5. The van der Waals surface area contributed by atoms with Crippen LogP contribution < -0.4 is 10.6 Å². The van der Waals surface area contributed by atoms with E-state index in [1.165, 1.54) is 35.1 Å². The smallest absolute Gasteiger partial charge is 0.317 e. The first-order valence-electron chi connectivity index (χ1n) is 9.32. The SMILES string of the molecule is CCNC(=O)N1CCc2cc(C(C)(C)C)cc([C@@H]3CCCN3)c2C1. The molecule has 0 spiro atoms. The highest BCUT2D eigenvalue weighted by atomic mass is 16.2. The molecular weight excluding hydrogens is 298 g/mol. The predicted molar refractivity (Wildman–Crippen MR) is 98.3 cm³/mol. The standard InChI is InChI=1S/C20H31N3O/c1-5-21-19(24)23-10-8-14-11-15(20(2,3)4)12-16(17(14)13-23)18-7-6-9-22-18/h11-12,18,22H,5-10,13H2,1-4H3,(H,21,24)/t18-/m0/s1. The van der Waals surface area contributed by atoms with Crippen molar-refractivity contribution in [2.24, 2.45) is 0 Å². The highest BCUT2D eigenvalue weighted by Gasteiger charge is 2.29. The van der Waals surface area contributed by atoms with Gasteiger partial charge in [0.2, 0.25) is 0 Å². The van der Waals surface area contributed by atoms with Crippen LogP contribution in [0.2, 0.25) is 0 Å². The summed E-state index contributed by atoms with van der Waals surface area (Å²) in [5.41, 5.74) is 5.80. The van der Waals surface area contributed by atoms with Gasteiger partial charge in [0.05, 0.1) is 0 Å². The fourth-order valence-corrected chi connectivity index (χ4v) is 3.83. The summed E-state index contributed by atoms with van der Waals surface area (Å²) >= 11 is 0. The minimum Gasteiger partial charge on any atom is -0.338 e. The number of hydrogen-bond donors (Lipinski definition) is 2. The van der Waals surface area contributed by atoms with Gasteiger partial charge in [0.25, 0.3) is 0 Å². The third kappa shape index (κ3) is 3.44. The maximum absolute atomic E-state index is 12.3. The first-order valence-corrected chi connectivity index (χ1v) is 9.32. The number of amides is 2. The van der Waals surface area contributed by atoms with Gasteiger partial charge in [-0.05, 0) is 60.4 Å². The Morgan fingerprint density at radius 2 is 2.17 bits per heavy atom. The molecule has 0 saturated carbocycles. The Labute approximate surface area is 146 Å². The normalized spacial score (nSPS) is 20.8. The topological polar surface area (TPSA) is 44.4 Å². The second kappa shape index (κ2) is 6.75. The molecule has 1 aromatic carbocycles. The molecule has 3 rings (SSSR count). The van der Waals surface area contributed by atoms with Gasteiger partial charge in [0.1, 0.15) is 0 Å². The second-order valence-electron chi connectivity index (χ2n) is 8.11. The van der Waals surface area contributed by atoms with Crippen LogP contribution in [0.1, 0.15) is 68.8 Å². The summed E-state index contributed by atoms with van der Waals surface area (Å²) in [5.74, 6) is 0. The van der Waals surface area contributed by atoms with Crippen LogP contribution in [-0.4, -0.2) is 30.6 Å². The maximum atomic E-state index is 12.3. The molecule has 2 heterocycles. The number of nitrogens with zero attached hydrogens (tertiary/aromatic N) is 1. The molecule has 2 aliphatic heterocycles. The Hall–Kier alpha value is -1.55. The monoisotopic (exact) mass is 329 g/mol. The molecule has 2 N–H and O–H groups in total. The number of hydrogen-bond acceptors (Lipinski definition) is 2. The van der Waals surface area contributed by atoms with Gasteiger partial charge in [-0.25, -0.2) is 4.79 Å². The lowest BCUT2D eigenvalue weighted by atomic mass is 9.80. The number of rotatable bonds is 2. The molecule has 1 saturated heterocycles. The van der Waals surface area contributed by atoms with Gasteiger partial charge in [-0.3, -0.25) is 0 Å².